The number of rotatable bonds is 4. The Hall–Kier alpha value is -1.60. The Morgan fingerprint density at radius 2 is 1.89 bits per heavy atom. The third-order valence-electron chi connectivity index (χ3n) is 5.31. The van der Waals surface area contributed by atoms with Gasteiger partial charge in [-0.3, -0.25) is 14.3 Å². The predicted octanol–water partition coefficient (Wildman–Crippen LogP) is 2.05. The van der Waals surface area contributed by atoms with Crippen LogP contribution in [0.1, 0.15) is 56.6 Å². The molecule has 1 saturated heterocycles. The molecule has 1 fully saturated rings. The maximum absolute atomic E-state index is 13.0. The molecule has 27 heavy (non-hydrogen) atoms. The molecule has 2 amide bonds. The summed E-state index contributed by atoms with van der Waals surface area (Å²) in [6.07, 6.45) is 1.48. The van der Waals surface area contributed by atoms with Crippen LogP contribution in [0.25, 0.3) is 0 Å². The van der Waals surface area contributed by atoms with Crippen molar-refractivity contribution in [1.82, 2.24) is 19.6 Å². The van der Waals surface area contributed by atoms with Crippen molar-refractivity contribution in [3.63, 3.8) is 0 Å². The van der Waals surface area contributed by atoms with Crippen LogP contribution in [0, 0.1) is 19.8 Å². The van der Waals surface area contributed by atoms with E-state index in [0.717, 1.165) is 29.8 Å². The zero-order chi connectivity index (χ0) is 19.6. The first-order chi connectivity index (χ1) is 12.1. The van der Waals surface area contributed by atoms with Crippen LogP contribution in [0.3, 0.4) is 0 Å². The molecule has 2 atom stereocenters. The molecular weight excluding hydrogens is 366 g/mol. The maximum Gasteiger partial charge on any atom is 0.227 e. The second kappa shape index (κ2) is 9.55. The first-order valence-electron chi connectivity index (χ1n) is 9.42. The van der Waals surface area contributed by atoms with Crippen molar-refractivity contribution in [2.45, 2.75) is 66.1 Å². The minimum Gasteiger partial charge on any atom is -0.341 e. The van der Waals surface area contributed by atoms with E-state index in [-0.39, 0.29) is 42.2 Å². The third kappa shape index (κ3) is 5.45. The molecule has 1 aromatic heterocycles. The molecule has 2 rings (SSSR count). The lowest BCUT2D eigenvalue weighted by atomic mass is 10.00. The van der Waals surface area contributed by atoms with Gasteiger partial charge in [0.25, 0.3) is 0 Å². The van der Waals surface area contributed by atoms with Crippen molar-refractivity contribution in [1.29, 1.82) is 0 Å². The van der Waals surface area contributed by atoms with Gasteiger partial charge in [-0.2, -0.15) is 5.10 Å². The van der Waals surface area contributed by atoms with E-state index < -0.39 is 0 Å². The van der Waals surface area contributed by atoms with Gasteiger partial charge in [0.1, 0.15) is 0 Å². The number of carbonyl (C=O) groups excluding carboxylic acids is 2. The molecule has 1 aromatic rings. The van der Waals surface area contributed by atoms with E-state index >= 15 is 0 Å². The Morgan fingerprint density at radius 3 is 2.41 bits per heavy atom. The minimum absolute atomic E-state index is 0. The van der Waals surface area contributed by atoms with Crippen LogP contribution in [0.2, 0.25) is 0 Å². The van der Waals surface area contributed by atoms with E-state index in [2.05, 4.69) is 25.9 Å². The van der Waals surface area contributed by atoms with Gasteiger partial charge in [-0.25, -0.2) is 0 Å². The fourth-order valence-electron chi connectivity index (χ4n) is 3.74. The molecule has 7 nitrogen and oxygen atoms in total. The molecule has 1 aliphatic heterocycles. The SMILES string of the molecule is CC(=O)N1C[C@@H](N)CC[C@@H](C(=O)N(C)Cc2c(C)nn(C(C)C)c2C)C1.Cl. The lowest BCUT2D eigenvalue weighted by Crippen LogP contribution is -2.42. The van der Waals surface area contributed by atoms with Crippen LogP contribution in [-0.2, 0) is 16.1 Å². The Kier molecular flexibility index (Phi) is 8.29. The summed E-state index contributed by atoms with van der Waals surface area (Å²) in [4.78, 5) is 28.3. The average Bonchev–Trinajstić information content (AvgIpc) is 2.73. The van der Waals surface area contributed by atoms with Gasteiger partial charge in [-0.05, 0) is 40.5 Å². The zero-order valence-corrected chi connectivity index (χ0v) is 18.2. The molecule has 1 aliphatic rings. The van der Waals surface area contributed by atoms with E-state index in [4.69, 9.17) is 5.73 Å². The number of likely N-dealkylation sites (tertiary alicyclic amines) is 1. The van der Waals surface area contributed by atoms with Gasteiger partial charge in [-0.15, -0.1) is 12.4 Å². The largest absolute Gasteiger partial charge is 0.341 e. The summed E-state index contributed by atoms with van der Waals surface area (Å²) in [7, 11) is 1.83. The number of nitrogens with zero attached hydrogens (tertiary/aromatic N) is 4. The van der Waals surface area contributed by atoms with E-state index in [9.17, 15) is 9.59 Å². The predicted molar refractivity (Wildman–Crippen MR) is 109 cm³/mol. The average molecular weight is 400 g/mol. The maximum atomic E-state index is 13.0. The number of amides is 2. The number of halogens is 1. The minimum atomic E-state index is -0.196. The highest BCUT2D eigenvalue weighted by Gasteiger charge is 2.30. The van der Waals surface area contributed by atoms with Crippen molar-refractivity contribution < 1.29 is 9.59 Å². The van der Waals surface area contributed by atoms with Gasteiger partial charge in [0.15, 0.2) is 0 Å². The summed E-state index contributed by atoms with van der Waals surface area (Å²) >= 11 is 0. The number of hydrogen-bond acceptors (Lipinski definition) is 4. The molecule has 2 heterocycles. The van der Waals surface area contributed by atoms with Crippen LogP contribution in [0.15, 0.2) is 0 Å². The van der Waals surface area contributed by atoms with Crippen molar-refractivity contribution in [2.24, 2.45) is 11.7 Å². The number of nitrogens with two attached hydrogens (primary N) is 1. The quantitative estimate of drug-likeness (QED) is 0.839. The van der Waals surface area contributed by atoms with Crippen molar-refractivity contribution >= 4 is 24.2 Å². The number of hydrogen-bond donors (Lipinski definition) is 1. The second-order valence-corrected chi connectivity index (χ2v) is 7.84. The highest BCUT2D eigenvalue weighted by Crippen LogP contribution is 2.22. The van der Waals surface area contributed by atoms with Gasteiger partial charge < -0.3 is 15.5 Å². The van der Waals surface area contributed by atoms with Gasteiger partial charge in [0.2, 0.25) is 11.8 Å². The molecule has 154 valence electrons. The highest BCUT2D eigenvalue weighted by atomic mass is 35.5. The van der Waals surface area contributed by atoms with E-state index in [1.807, 2.05) is 18.7 Å². The summed E-state index contributed by atoms with van der Waals surface area (Å²) in [5, 5.41) is 4.60. The molecular formula is C19H34ClN5O2. The van der Waals surface area contributed by atoms with Gasteiger partial charge in [0, 0.05) is 56.9 Å². The third-order valence-corrected chi connectivity index (χ3v) is 5.31. The highest BCUT2D eigenvalue weighted by molar-refractivity contribution is 5.85. The molecule has 0 aliphatic carbocycles. The summed E-state index contributed by atoms with van der Waals surface area (Å²) in [5.74, 6) is -0.146. The Labute approximate surface area is 168 Å². The first kappa shape index (κ1) is 23.4. The number of aryl methyl sites for hydroxylation is 1. The molecule has 8 heteroatoms. The van der Waals surface area contributed by atoms with Crippen LogP contribution in [0.5, 0.6) is 0 Å². The zero-order valence-electron chi connectivity index (χ0n) is 17.4. The monoisotopic (exact) mass is 399 g/mol. The smallest absolute Gasteiger partial charge is 0.227 e. The van der Waals surface area contributed by atoms with E-state index in [1.54, 1.807) is 9.80 Å². The van der Waals surface area contributed by atoms with Crippen molar-refractivity contribution in [3.05, 3.63) is 17.0 Å². The molecule has 0 saturated carbocycles. The molecule has 0 radical (unpaired) electrons. The topological polar surface area (TPSA) is 84.5 Å². The Morgan fingerprint density at radius 1 is 1.26 bits per heavy atom. The van der Waals surface area contributed by atoms with Gasteiger partial charge >= 0.3 is 0 Å². The molecule has 0 unspecified atom stereocenters. The van der Waals surface area contributed by atoms with Gasteiger partial charge in [-0.1, -0.05) is 0 Å². The summed E-state index contributed by atoms with van der Waals surface area (Å²) < 4.78 is 2.01. The lowest BCUT2D eigenvalue weighted by molar-refractivity contribution is -0.137. The normalized spacial score (nSPS) is 20.2. The van der Waals surface area contributed by atoms with Crippen LogP contribution in [-0.4, -0.2) is 57.6 Å². The van der Waals surface area contributed by atoms with Gasteiger partial charge in [0.05, 0.1) is 11.6 Å². The summed E-state index contributed by atoms with van der Waals surface area (Å²) in [6.45, 7) is 11.3. The summed E-state index contributed by atoms with van der Waals surface area (Å²) in [5.41, 5.74) is 9.23. The lowest BCUT2D eigenvalue weighted by Gasteiger charge is -2.27. The van der Waals surface area contributed by atoms with Crippen molar-refractivity contribution in [2.75, 3.05) is 20.1 Å². The van der Waals surface area contributed by atoms with Crippen LogP contribution >= 0.6 is 12.4 Å². The molecule has 0 spiro atoms. The first-order valence-corrected chi connectivity index (χ1v) is 9.42. The fraction of sp³-hybridized carbons (Fsp3) is 0.737. The van der Waals surface area contributed by atoms with E-state index in [1.165, 1.54) is 6.92 Å². The number of aromatic nitrogens is 2. The number of carbonyl (C=O) groups is 2. The molecule has 0 bridgehead atoms. The summed E-state index contributed by atoms with van der Waals surface area (Å²) in [6, 6.07) is 0.228. The fourth-order valence-corrected chi connectivity index (χ4v) is 3.74. The Bertz CT molecular complexity index is 673. The second-order valence-electron chi connectivity index (χ2n) is 7.84. The van der Waals surface area contributed by atoms with Crippen molar-refractivity contribution in [3.8, 4) is 0 Å². The van der Waals surface area contributed by atoms with Crippen LogP contribution < -0.4 is 5.73 Å². The van der Waals surface area contributed by atoms with E-state index in [0.29, 0.717) is 19.6 Å². The van der Waals surface area contributed by atoms with Crippen LogP contribution in [0.4, 0.5) is 0 Å². The molecule has 0 aromatic carbocycles. The molecule has 2 N–H and O–H groups in total. The standard InChI is InChI=1S/C19H33N5O2.ClH/c1-12(2)24-14(4)18(13(3)21-24)11-22(6)19(26)16-7-8-17(20)10-23(9-16)15(5)25;/h12,16-17H,7-11,20H2,1-6H3;1H/t16-,17+;/m1./s1. The Balaban J connectivity index is 0.00000364.